The minimum Gasteiger partial charge on any atom is -0.468 e. The summed E-state index contributed by atoms with van der Waals surface area (Å²) < 4.78 is 10.6. The quantitative estimate of drug-likeness (QED) is 0.555. The zero-order valence-corrected chi connectivity index (χ0v) is 13.5. The minimum atomic E-state index is -0.793. The van der Waals surface area contributed by atoms with Crippen LogP contribution in [0.1, 0.15) is 59.8 Å². The first-order valence-electron chi connectivity index (χ1n) is 7.58. The van der Waals surface area contributed by atoms with Gasteiger partial charge in [-0.25, -0.2) is 0 Å². The van der Waals surface area contributed by atoms with Gasteiger partial charge in [-0.15, -0.1) is 0 Å². The summed E-state index contributed by atoms with van der Waals surface area (Å²) in [6.07, 6.45) is 3.73. The van der Waals surface area contributed by atoms with Crippen molar-refractivity contribution in [2.75, 3.05) is 13.7 Å². The lowest BCUT2D eigenvalue weighted by Crippen LogP contribution is -2.50. The van der Waals surface area contributed by atoms with Gasteiger partial charge in [0.25, 0.3) is 0 Å². The van der Waals surface area contributed by atoms with Crippen LogP contribution in [-0.2, 0) is 19.1 Å². The van der Waals surface area contributed by atoms with E-state index in [0.29, 0.717) is 25.9 Å². The van der Waals surface area contributed by atoms with Crippen LogP contribution in [0.15, 0.2) is 0 Å². The van der Waals surface area contributed by atoms with Crippen molar-refractivity contribution in [3.63, 3.8) is 0 Å². The van der Waals surface area contributed by atoms with Crippen molar-refractivity contribution < 1.29 is 19.1 Å². The van der Waals surface area contributed by atoms with Crippen LogP contribution in [0, 0.1) is 11.3 Å². The van der Waals surface area contributed by atoms with Gasteiger partial charge in [-0.2, -0.15) is 0 Å². The third-order valence-electron chi connectivity index (χ3n) is 4.49. The molecule has 0 N–H and O–H groups in total. The number of ketones is 1. The molecular formula is C16H28O4. The van der Waals surface area contributed by atoms with E-state index in [2.05, 4.69) is 13.8 Å². The summed E-state index contributed by atoms with van der Waals surface area (Å²) in [5, 5.41) is 0. The molecule has 0 heterocycles. The maximum absolute atomic E-state index is 12.8. The Labute approximate surface area is 122 Å². The highest BCUT2D eigenvalue weighted by molar-refractivity contribution is 6.03. The summed E-state index contributed by atoms with van der Waals surface area (Å²) >= 11 is 0. The number of hydrogen-bond donors (Lipinski definition) is 0. The maximum atomic E-state index is 12.8. The molecular weight excluding hydrogens is 256 g/mol. The molecule has 116 valence electrons. The second kappa shape index (κ2) is 6.70. The van der Waals surface area contributed by atoms with Crippen LogP contribution >= 0.6 is 0 Å². The zero-order valence-electron chi connectivity index (χ0n) is 13.5. The Morgan fingerprint density at radius 2 is 1.65 bits per heavy atom. The fraction of sp³-hybridized carbons (Fsp3) is 0.875. The van der Waals surface area contributed by atoms with Crippen LogP contribution in [0.3, 0.4) is 0 Å². The summed E-state index contributed by atoms with van der Waals surface area (Å²) in [4.78, 5) is 24.6. The molecule has 0 spiro atoms. The first kappa shape index (κ1) is 17.2. The lowest BCUT2D eigenvalue weighted by Gasteiger charge is -2.43. The third-order valence-corrected chi connectivity index (χ3v) is 4.49. The van der Waals surface area contributed by atoms with Gasteiger partial charge in [-0.05, 0) is 44.4 Å². The highest BCUT2D eigenvalue weighted by atomic mass is 16.5. The number of carbonyl (C=O) groups excluding carboxylic acids is 2. The van der Waals surface area contributed by atoms with E-state index in [0.717, 1.165) is 12.8 Å². The largest absolute Gasteiger partial charge is 0.468 e. The average molecular weight is 284 g/mol. The predicted molar refractivity (Wildman–Crippen MR) is 77.4 cm³/mol. The van der Waals surface area contributed by atoms with Crippen molar-refractivity contribution in [2.45, 2.75) is 65.4 Å². The third kappa shape index (κ3) is 3.60. The molecule has 1 atom stereocenters. The van der Waals surface area contributed by atoms with Crippen LogP contribution in [0.25, 0.3) is 0 Å². The normalized spacial score (nSPS) is 22.1. The Kier molecular flexibility index (Phi) is 5.75. The monoisotopic (exact) mass is 284 g/mol. The molecule has 0 aliphatic heterocycles. The van der Waals surface area contributed by atoms with E-state index in [1.54, 1.807) is 0 Å². The summed E-state index contributed by atoms with van der Waals surface area (Å²) in [7, 11) is 1.33. The summed E-state index contributed by atoms with van der Waals surface area (Å²) in [5.41, 5.74) is -0.549. The van der Waals surface area contributed by atoms with Crippen molar-refractivity contribution in [1.82, 2.24) is 0 Å². The highest BCUT2D eigenvalue weighted by Gasteiger charge is 2.48. The average Bonchev–Trinajstić information content (AvgIpc) is 2.42. The number of methoxy groups -OCH3 is 1. The maximum Gasteiger partial charge on any atom is 0.316 e. The predicted octanol–water partition coefficient (Wildman–Crippen LogP) is 3.13. The Hall–Kier alpha value is -0.900. The molecule has 0 aromatic carbocycles. The second-order valence-electron chi connectivity index (χ2n) is 6.44. The van der Waals surface area contributed by atoms with Crippen LogP contribution in [0.4, 0.5) is 0 Å². The zero-order chi connectivity index (χ0) is 15.4. The SMILES string of the molecule is CCOC1(C(=O)C(CC)C(=O)OC)CCC(C)(C)CC1. The van der Waals surface area contributed by atoms with Gasteiger partial charge in [-0.1, -0.05) is 20.8 Å². The summed E-state index contributed by atoms with van der Waals surface area (Å²) in [6, 6.07) is 0. The van der Waals surface area contributed by atoms with Crippen molar-refractivity contribution in [3.05, 3.63) is 0 Å². The van der Waals surface area contributed by atoms with E-state index < -0.39 is 17.5 Å². The van der Waals surface area contributed by atoms with Crippen molar-refractivity contribution >= 4 is 11.8 Å². The Balaban J connectivity index is 2.95. The molecule has 0 aromatic rings. The standard InChI is InChI=1S/C16H28O4/c1-6-12(14(18)19-5)13(17)16(20-7-2)10-8-15(3,4)9-11-16/h12H,6-11H2,1-5H3. The van der Waals surface area contributed by atoms with E-state index in [-0.39, 0.29) is 11.2 Å². The molecule has 0 radical (unpaired) electrons. The molecule has 0 bridgehead atoms. The number of Topliss-reactive ketones (excluding diaryl/α,β-unsaturated/α-hetero) is 1. The van der Waals surface area contributed by atoms with Crippen LogP contribution in [-0.4, -0.2) is 31.1 Å². The summed E-state index contributed by atoms with van der Waals surface area (Å²) in [5.74, 6) is -1.24. The number of esters is 1. The number of ether oxygens (including phenoxy) is 2. The first-order valence-corrected chi connectivity index (χ1v) is 7.58. The molecule has 4 heteroatoms. The lowest BCUT2D eigenvalue weighted by molar-refractivity contribution is -0.165. The Morgan fingerprint density at radius 1 is 1.10 bits per heavy atom. The van der Waals surface area contributed by atoms with Crippen molar-refractivity contribution in [1.29, 1.82) is 0 Å². The van der Waals surface area contributed by atoms with Gasteiger partial charge in [0.15, 0.2) is 5.78 Å². The van der Waals surface area contributed by atoms with Crippen molar-refractivity contribution in [3.8, 4) is 0 Å². The number of hydrogen-bond acceptors (Lipinski definition) is 4. The van der Waals surface area contributed by atoms with Crippen LogP contribution in [0.5, 0.6) is 0 Å². The molecule has 1 aliphatic rings. The Morgan fingerprint density at radius 3 is 2.05 bits per heavy atom. The van der Waals surface area contributed by atoms with Gasteiger partial charge in [0.05, 0.1) is 7.11 Å². The smallest absolute Gasteiger partial charge is 0.316 e. The van der Waals surface area contributed by atoms with Gasteiger partial charge < -0.3 is 9.47 Å². The van der Waals surface area contributed by atoms with Gasteiger partial charge >= 0.3 is 5.97 Å². The molecule has 1 saturated carbocycles. The van der Waals surface area contributed by atoms with E-state index >= 15 is 0 Å². The highest BCUT2D eigenvalue weighted by Crippen LogP contribution is 2.43. The molecule has 1 aliphatic carbocycles. The lowest BCUT2D eigenvalue weighted by atomic mass is 9.67. The molecule has 1 fully saturated rings. The van der Waals surface area contributed by atoms with Crippen molar-refractivity contribution in [2.24, 2.45) is 11.3 Å². The molecule has 20 heavy (non-hydrogen) atoms. The van der Waals surface area contributed by atoms with E-state index in [9.17, 15) is 9.59 Å². The number of carbonyl (C=O) groups is 2. The topological polar surface area (TPSA) is 52.6 Å². The van der Waals surface area contributed by atoms with Crippen LogP contribution < -0.4 is 0 Å². The van der Waals surface area contributed by atoms with E-state index in [1.807, 2.05) is 13.8 Å². The van der Waals surface area contributed by atoms with Gasteiger partial charge in [0, 0.05) is 6.61 Å². The second-order valence-corrected chi connectivity index (χ2v) is 6.44. The molecule has 4 nitrogen and oxygen atoms in total. The fourth-order valence-electron chi connectivity index (χ4n) is 2.99. The molecule has 1 rings (SSSR count). The minimum absolute atomic E-state index is 0.0933. The first-order chi connectivity index (χ1) is 9.32. The van der Waals surface area contributed by atoms with E-state index in [4.69, 9.17) is 9.47 Å². The molecule has 1 unspecified atom stereocenters. The number of rotatable bonds is 6. The Bertz CT molecular complexity index is 349. The van der Waals surface area contributed by atoms with E-state index in [1.165, 1.54) is 7.11 Å². The van der Waals surface area contributed by atoms with Gasteiger partial charge in [0.2, 0.25) is 0 Å². The molecule has 0 amide bonds. The van der Waals surface area contributed by atoms with Crippen LogP contribution in [0.2, 0.25) is 0 Å². The molecule has 0 aromatic heterocycles. The fourth-order valence-corrected chi connectivity index (χ4v) is 2.99. The summed E-state index contributed by atoms with van der Waals surface area (Å²) in [6.45, 7) is 8.65. The molecule has 0 saturated heterocycles. The van der Waals surface area contributed by atoms with Gasteiger partial charge in [0.1, 0.15) is 11.5 Å². The van der Waals surface area contributed by atoms with Gasteiger partial charge in [-0.3, -0.25) is 9.59 Å².